The number of morpholine rings is 1. The Morgan fingerprint density at radius 1 is 1.33 bits per heavy atom. The molecule has 18 heavy (non-hydrogen) atoms. The molecule has 3 nitrogen and oxygen atoms in total. The van der Waals surface area contributed by atoms with Crippen LogP contribution in [0.15, 0.2) is 24.3 Å². The maximum atomic E-state index is 6.08. The lowest BCUT2D eigenvalue weighted by atomic mass is 9.95. The van der Waals surface area contributed by atoms with Gasteiger partial charge in [0.1, 0.15) is 5.75 Å². The smallest absolute Gasteiger partial charge is 0.119 e. The topological polar surface area (TPSA) is 30.5 Å². The first-order chi connectivity index (χ1) is 8.81. The molecule has 1 unspecified atom stereocenters. The molecule has 1 saturated carbocycles. The average Bonchev–Trinajstić information content (AvgIpc) is 2.88. The van der Waals surface area contributed by atoms with Gasteiger partial charge in [0, 0.05) is 12.1 Å². The lowest BCUT2D eigenvalue weighted by molar-refractivity contribution is -0.0326. The molecule has 1 spiro atoms. The van der Waals surface area contributed by atoms with E-state index < -0.39 is 0 Å². The summed E-state index contributed by atoms with van der Waals surface area (Å²) in [4.78, 5) is 0. The number of ether oxygens (including phenoxy) is 2. The maximum absolute atomic E-state index is 6.08. The molecule has 3 rings (SSSR count). The third-order valence-electron chi connectivity index (χ3n) is 4.25. The second-order valence-corrected chi connectivity index (χ2v) is 5.44. The van der Waals surface area contributed by atoms with Crippen molar-refractivity contribution in [2.45, 2.75) is 37.3 Å². The van der Waals surface area contributed by atoms with E-state index in [4.69, 9.17) is 9.47 Å². The van der Waals surface area contributed by atoms with Gasteiger partial charge in [-0.2, -0.15) is 0 Å². The van der Waals surface area contributed by atoms with E-state index in [1.807, 2.05) is 12.1 Å². The van der Waals surface area contributed by atoms with Gasteiger partial charge < -0.3 is 14.8 Å². The SMILES string of the molecule is COc1cccc(C2CNC3(CCCC3)CO2)c1. The first-order valence-corrected chi connectivity index (χ1v) is 6.82. The summed E-state index contributed by atoms with van der Waals surface area (Å²) in [7, 11) is 1.70. The lowest BCUT2D eigenvalue weighted by Crippen LogP contribution is -2.53. The Labute approximate surface area is 108 Å². The predicted molar refractivity (Wildman–Crippen MR) is 70.9 cm³/mol. The summed E-state index contributed by atoms with van der Waals surface area (Å²) < 4.78 is 11.3. The molecule has 3 heteroatoms. The highest BCUT2D eigenvalue weighted by molar-refractivity contribution is 5.30. The predicted octanol–water partition coefficient (Wildman–Crippen LogP) is 2.67. The van der Waals surface area contributed by atoms with Gasteiger partial charge in [0.2, 0.25) is 0 Å². The minimum Gasteiger partial charge on any atom is -0.497 e. The van der Waals surface area contributed by atoms with Gasteiger partial charge in [-0.15, -0.1) is 0 Å². The van der Waals surface area contributed by atoms with Crippen LogP contribution >= 0.6 is 0 Å². The molecular formula is C15H21NO2. The highest BCUT2D eigenvalue weighted by Crippen LogP contribution is 2.35. The van der Waals surface area contributed by atoms with Crippen molar-refractivity contribution in [1.29, 1.82) is 0 Å². The number of hydrogen-bond acceptors (Lipinski definition) is 3. The van der Waals surface area contributed by atoms with Gasteiger partial charge in [-0.25, -0.2) is 0 Å². The number of benzene rings is 1. The maximum Gasteiger partial charge on any atom is 0.119 e. The van der Waals surface area contributed by atoms with Crippen LogP contribution in [0.3, 0.4) is 0 Å². The summed E-state index contributed by atoms with van der Waals surface area (Å²) in [6, 6.07) is 8.18. The van der Waals surface area contributed by atoms with Crippen LogP contribution in [0.2, 0.25) is 0 Å². The Morgan fingerprint density at radius 2 is 2.17 bits per heavy atom. The van der Waals surface area contributed by atoms with E-state index >= 15 is 0 Å². The largest absolute Gasteiger partial charge is 0.497 e. The minimum atomic E-state index is 0.159. The molecule has 0 aromatic heterocycles. The molecule has 0 amide bonds. The first kappa shape index (κ1) is 12.0. The molecule has 1 atom stereocenters. The van der Waals surface area contributed by atoms with Crippen LogP contribution in [-0.4, -0.2) is 25.8 Å². The Hall–Kier alpha value is -1.06. The van der Waals surface area contributed by atoms with Gasteiger partial charge in [0.05, 0.1) is 19.8 Å². The lowest BCUT2D eigenvalue weighted by Gasteiger charge is -2.38. The summed E-state index contributed by atoms with van der Waals surface area (Å²) >= 11 is 0. The van der Waals surface area contributed by atoms with Gasteiger partial charge in [-0.05, 0) is 30.5 Å². The molecule has 0 radical (unpaired) electrons. The van der Waals surface area contributed by atoms with Crippen molar-refractivity contribution in [3.8, 4) is 5.75 Å². The fourth-order valence-electron chi connectivity index (χ4n) is 3.11. The third-order valence-corrected chi connectivity index (χ3v) is 4.25. The molecule has 2 aliphatic rings. The van der Waals surface area contributed by atoms with E-state index in [-0.39, 0.29) is 11.6 Å². The zero-order chi connectivity index (χ0) is 12.4. The Balaban J connectivity index is 1.68. The van der Waals surface area contributed by atoms with E-state index in [9.17, 15) is 0 Å². The van der Waals surface area contributed by atoms with Crippen LogP contribution in [0.25, 0.3) is 0 Å². The standard InChI is InChI=1S/C15H21NO2/c1-17-13-6-4-5-12(9-13)14-10-16-15(11-18-14)7-2-3-8-15/h4-6,9,14,16H,2-3,7-8,10-11H2,1H3. The third kappa shape index (κ3) is 2.25. The molecular weight excluding hydrogens is 226 g/mol. The van der Waals surface area contributed by atoms with Crippen molar-refractivity contribution in [2.75, 3.05) is 20.3 Å². The molecule has 1 aromatic carbocycles. The highest BCUT2D eigenvalue weighted by atomic mass is 16.5. The molecule has 1 aliphatic carbocycles. The van der Waals surface area contributed by atoms with Crippen LogP contribution in [0.1, 0.15) is 37.4 Å². The fraction of sp³-hybridized carbons (Fsp3) is 0.600. The second-order valence-electron chi connectivity index (χ2n) is 5.44. The van der Waals surface area contributed by atoms with Gasteiger partial charge >= 0.3 is 0 Å². The fourth-order valence-corrected chi connectivity index (χ4v) is 3.11. The summed E-state index contributed by atoms with van der Waals surface area (Å²) in [5, 5.41) is 3.71. The first-order valence-electron chi connectivity index (χ1n) is 6.82. The van der Waals surface area contributed by atoms with Gasteiger partial charge in [-0.1, -0.05) is 25.0 Å². The van der Waals surface area contributed by atoms with Crippen LogP contribution in [0.5, 0.6) is 5.75 Å². The van der Waals surface area contributed by atoms with Crippen molar-refractivity contribution in [3.05, 3.63) is 29.8 Å². The van der Waals surface area contributed by atoms with Gasteiger partial charge in [0.15, 0.2) is 0 Å². The highest BCUT2D eigenvalue weighted by Gasteiger charge is 2.38. The normalized spacial score (nSPS) is 26.4. The van der Waals surface area contributed by atoms with Crippen LogP contribution in [0, 0.1) is 0 Å². The van der Waals surface area contributed by atoms with Crippen molar-refractivity contribution >= 4 is 0 Å². The molecule has 0 bridgehead atoms. The van der Waals surface area contributed by atoms with E-state index in [0.717, 1.165) is 18.9 Å². The molecule has 1 aromatic rings. The molecule has 1 aliphatic heterocycles. The number of methoxy groups -OCH3 is 1. The zero-order valence-corrected chi connectivity index (χ0v) is 10.9. The van der Waals surface area contributed by atoms with Crippen molar-refractivity contribution in [3.63, 3.8) is 0 Å². The number of nitrogens with one attached hydrogen (secondary N) is 1. The Kier molecular flexibility index (Phi) is 3.27. The van der Waals surface area contributed by atoms with Crippen LogP contribution in [0.4, 0.5) is 0 Å². The van der Waals surface area contributed by atoms with Gasteiger partial charge in [0.25, 0.3) is 0 Å². The number of rotatable bonds is 2. The van der Waals surface area contributed by atoms with Crippen molar-refractivity contribution in [2.24, 2.45) is 0 Å². The van der Waals surface area contributed by atoms with Crippen LogP contribution in [-0.2, 0) is 4.74 Å². The van der Waals surface area contributed by atoms with Crippen molar-refractivity contribution in [1.82, 2.24) is 5.32 Å². The summed E-state index contributed by atoms with van der Waals surface area (Å²) in [6.45, 7) is 1.75. The molecule has 1 N–H and O–H groups in total. The van der Waals surface area contributed by atoms with E-state index in [2.05, 4.69) is 17.4 Å². The van der Waals surface area contributed by atoms with Crippen molar-refractivity contribution < 1.29 is 9.47 Å². The second kappa shape index (κ2) is 4.90. The zero-order valence-electron chi connectivity index (χ0n) is 10.9. The monoisotopic (exact) mass is 247 g/mol. The Morgan fingerprint density at radius 3 is 2.83 bits per heavy atom. The summed E-state index contributed by atoms with van der Waals surface area (Å²) in [5.41, 5.74) is 1.48. The van der Waals surface area contributed by atoms with E-state index in [0.29, 0.717) is 0 Å². The summed E-state index contributed by atoms with van der Waals surface area (Å²) in [5.74, 6) is 0.900. The van der Waals surface area contributed by atoms with E-state index in [1.165, 1.54) is 31.2 Å². The van der Waals surface area contributed by atoms with Crippen LogP contribution < -0.4 is 10.1 Å². The van der Waals surface area contributed by atoms with E-state index in [1.54, 1.807) is 7.11 Å². The molecule has 1 saturated heterocycles. The molecule has 1 heterocycles. The quantitative estimate of drug-likeness (QED) is 0.871. The molecule has 98 valence electrons. The minimum absolute atomic E-state index is 0.159. The summed E-state index contributed by atoms with van der Waals surface area (Å²) in [6.07, 6.45) is 5.35. The van der Waals surface area contributed by atoms with Gasteiger partial charge in [-0.3, -0.25) is 0 Å². The molecule has 2 fully saturated rings. The Bertz CT molecular complexity index is 403. The number of hydrogen-bond donors (Lipinski definition) is 1. The average molecular weight is 247 g/mol.